The van der Waals surface area contributed by atoms with Crippen molar-refractivity contribution in [1.29, 1.82) is 0 Å². The van der Waals surface area contributed by atoms with Crippen LogP contribution in [0.3, 0.4) is 0 Å². The predicted octanol–water partition coefficient (Wildman–Crippen LogP) is 13.3. The van der Waals surface area contributed by atoms with Gasteiger partial charge < -0.3 is 13.3 Å². The number of benzene rings is 7. The zero-order chi connectivity index (χ0) is 37.5. The lowest BCUT2D eigenvalue weighted by Crippen LogP contribution is -2.00. The van der Waals surface area contributed by atoms with Crippen molar-refractivity contribution in [3.8, 4) is 56.4 Å². The van der Waals surface area contributed by atoms with Crippen LogP contribution in [0.25, 0.3) is 122 Å². The molecule has 7 aromatic carbocycles. The van der Waals surface area contributed by atoms with Gasteiger partial charge in [0, 0.05) is 67.0 Å². The molecular weight excluding hydrogens is 705 g/mol. The van der Waals surface area contributed by atoms with Crippen LogP contribution in [0.4, 0.5) is 0 Å². The minimum Gasteiger partial charge on any atom is -0.456 e. The van der Waals surface area contributed by atoms with Crippen molar-refractivity contribution in [3.05, 3.63) is 170 Å². The van der Waals surface area contributed by atoms with Gasteiger partial charge in [-0.1, -0.05) is 97.1 Å². The van der Waals surface area contributed by atoms with E-state index in [0.29, 0.717) is 17.5 Å². The van der Waals surface area contributed by atoms with Gasteiger partial charge in [0.05, 0.1) is 0 Å². The lowest BCUT2D eigenvalue weighted by molar-refractivity contribution is 0.668. The van der Waals surface area contributed by atoms with Gasteiger partial charge >= 0.3 is 0 Å². The van der Waals surface area contributed by atoms with E-state index < -0.39 is 0 Å². The van der Waals surface area contributed by atoms with Crippen LogP contribution in [0.1, 0.15) is 0 Å². The Bertz CT molecular complexity index is 3530. The Labute approximate surface area is 324 Å². The summed E-state index contributed by atoms with van der Waals surface area (Å²) in [6, 6.07) is 53.5. The Kier molecular flexibility index (Phi) is 6.79. The molecule has 0 spiro atoms. The molecule has 0 N–H and O–H groups in total. The van der Waals surface area contributed by atoms with Crippen molar-refractivity contribution in [2.24, 2.45) is 0 Å². The van der Waals surface area contributed by atoms with Gasteiger partial charge in [-0.3, -0.25) is 4.98 Å². The fourth-order valence-electron chi connectivity index (χ4n) is 8.11. The molecule has 266 valence electrons. The Balaban J connectivity index is 0.973. The van der Waals surface area contributed by atoms with Crippen molar-refractivity contribution < 1.29 is 13.3 Å². The quantitative estimate of drug-likeness (QED) is 0.174. The van der Waals surface area contributed by atoms with E-state index in [1.54, 1.807) is 12.4 Å². The summed E-state index contributed by atoms with van der Waals surface area (Å²) in [5.41, 5.74) is 11.8. The monoisotopic (exact) mass is 732 g/mol. The first-order valence-electron chi connectivity index (χ1n) is 18.8. The number of fused-ring (bicyclic) bond motifs is 9. The van der Waals surface area contributed by atoms with Gasteiger partial charge in [-0.25, -0.2) is 15.0 Å². The second-order valence-electron chi connectivity index (χ2n) is 14.2. The van der Waals surface area contributed by atoms with Gasteiger partial charge in [-0.2, -0.15) is 0 Å². The van der Waals surface area contributed by atoms with Crippen LogP contribution in [0.5, 0.6) is 0 Å². The number of hydrogen-bond acceptors (Lipinski definition) is 7. The Morgan fingerprint density at radius 2 is 0.895 bits per heavy atom. The summed E-state index contributed by atoms with van der Waals surface area (Å²) in [5.74, 6) is 1.64. The fraction of sp³-hybridized carbons (Fsp3) is 0. The molecule has 7 nitrogen and oxygen atoms in total. The molecule has 7 heteroatoms. The highest BCUT2D eigenvalue weighted by molar-refractivity contribution is 6.17. The molecule has 0 bridgehead atoms. The molecule has 0 aliphatic carbocycles. The maximum absolute atomic E-state index is 6.67. The second kappa shape index (κ2) is 12.3. The SMILES string of the molecule is c1cncc(-c2nc(-c3ccc(-c4ccc(-c5ccc6oc7ccccc7c6c5)c5c4oc4ccccc45)cc3)nc(-c3ccc4c(c3)oc3ccccc34)n2)c1. The molecule has 0 fully saturated rings. The minimum atomic E-state index is 0.540. The topological polar surface area (TPSA) is 91.0 Å². The third-order valence-electron chi connectivity index (χ3n) is 10.9. The van der Waals surface area contributed by atoms with Gasteiger partial charge in [0.2, 0.25) is 0 Å². The number of pyridine rings is 1. The maximum Gasteiger partial charge on any atom is 0.165 e. The van der Waals surface area contributed by atoms with Gasteiger partial charge in [-0.15, -0.1) is 0 Å². The van der Waals surface area contributed by atoms with Crippen LogP contribution in [0.2, 0.25) is 0 Å². The zero-order valence-electron chi connectivity index (χ0n) is 30.2. The maximum atomic E-state index is 6.67. The molecule has 12 aromatic rings. The van der Waals surface area contributed by atoms with Crippen molar-refractivity contribution >= 4 is 65.8 Å². The Hall–Kier alpha value is -7.90. The van der Waals surface area contributed by atoms with Crippen molar-refractivity contribution in [2.45, 2.75) is 0 Å². The highest BCUT2D eigenvalue weighted by atomic mass is 16.3. The van der Waals surface area contributed by atoms with Crippen LogP contribution in [-0.2, 0) is 0 Å². The molecule has 0 atom stereocenters. The number of hydrogen-bond donors (Lipinski definition) is 0. The molecule has 0 aliphatic heterocycles. The Morgan fingerprint density at radius 1 is 0.333 bits per heavy atom. The molecule has 5 heterocycles. The predicted molar refractivity (Wildman–Crippen MR) is 227 cm³/mol. The number of aromatic nitrogens is 4. The molecule has 0 saturated heterocycles. The molecule has 5 aromatic heterocycles. The molecule has 0 aliphatic rings. The summed E-state index contributed by atoms with van der Waals surface area (Å²) < 4.78 is 19.0. The number of rotatable bonds is 5. The first kappa shape index (κ1) is 31.5. The largest absolute Gasteiger partial charge is 0.456 e. The minimum absolute atomic E-state index is 0.540. The van der Waals surface area contributed by atoms with Gasteiger partial charge in [0.25, 0.3) is 0 Å². The summed E-state index contributed by atoms with van der Waals surface area (Å²) >= 11 is 0. The van der Waals surface area contributed by atoms with Crippen molar-refractivity contribution in [1.82, 2.24) is 19.9 Å². The lowest BCUT2D eigenvalue weighted by atomic mass is 9.93. The van der Waals surface area contributed by atoms with Crippen LogP contribution < -0.4 is 0 Å². The van der Waals surface area contributed by atoms with Crippen LogP contribution in [0, 0.1) is 0 Å². The van der Waals surface area contributed by atoms with Crippen LogP contribution in [-0.4, -0.2) is 19.9 Å². The van der Waals surface area contributed by atoms with E-state index in [4.69, 9.17) is 28.2 Å². The van der Waals surface area contributed by atoms with Gasteiger partial charge in [-0.05, 0) is 77.4 Å². The average Bonchev–Trinajstić information content (AvgIpc) is 3.97. The summed E-state index contributed by atoms with van der Waals surface area (Å²) in [6.45, 7) is 0. The first-order valence-corrected chi connectivity index (χ1v) is 18.8. The lowest BCUT2D eigenvalue weighted by Gasteiger charge is -2.10. The summed E-state index contributed by atoms with van der Waals surface area (Å²) in [6.07, 6.45) is 3.51. The zero-order valence-corrected chi connectivity index (χ0v) is 30.2. The highest BCUT2D eigenvalue weighted by Gasteiger charge is 2.20. The van der Waals surface area contributed by atoms with Crippen LogP contribution in [0.15, 0.2) is 183 Å². The van der Waals surface area contributed by atoms with Gasteiger partial charge in [0.15, 0.2) is 17.5 Å². The third-order valence-corrected chi connectivity index (χ3v) is 10.9. The summed E-state index contributed by atoms with van der Waals surface area (Å²) in [5, 5.41) is 6.46. The number of furan rings is 3. The molecule has 57 heavy (non-hydrogen) atoms. The van der Waals surface area contributed by atoms with E-state index in [9.17, 15) is 0 Å². The smallest absolute Gasteiger partial charge is 0.165 e. The molecular formula is C50H28N4O3. The number of para-hydroxylation sites is 3. The van der Waals surface area contributed by atoms with Crippen LogP contribution >= 0.6 is 0 Å². The summed E-state index contributed by atoms with van der Waals surface area (Å²) in [7, 11) is 0. The molecule has 0 saturated carbocycles. The average molecular weight is 733 g/mol. The van der Waals surface area contributed by atoms with Gasteiger partial charge in [0.1, 0.15) is 33.5 Å². The van der Waals surface area contributed by atoms with E-state index >= 15 is 0 Å². The van der Waals surface area contributed by atoms with E-state index in [1.807, 2.05) is 72.8 Å². The molecule has 12 rings (SSSR count). The molecule has 0 amide bonds. The van der Waals surface area contributed by atoms with E-state index in [1.165, 1.54) is 0 Å². The normalized spacial score (nSPS) is 11.9. The van der Waals surface area contributed by atoms with E-state index in [-0.39, 0.29) is 0 Å². The highest BCUT2D eigenvalue weighted by Crippen LogP contribution is 2.43. The Morgan fingerprint density at radius 3 is 1.65 bits per heavy atom. The first-order chi connectivity index (χ1) is 28.2. The molecule has 0 unspecified atom stereocenters. The molecule has 0 radical (unpaired) electrons. The van der Waals surface area contributed by atoms with E-state index in [0.717, 1.165) is 105 Å². The number of nitrogens with zero attached hydrogens (tertiary/aromatic N) is 4. The standard InChI is InChI=1S/C50H28N4O3/c1-4-12-41-36(9-1)38-21-19-32(27-45(38)56-41)49-52-48(53-50(54-49)33-8-7-25-51-28-33)30-17-15-29(16-18-30)35-23-22-34(46-39-11-3-6-14-43(39)57-47(35)46)31-20-24-44-40(26-31)37-10-2-5-13-42(37)55-44/h1-28H. The summed E-state index contributed by atoms with van der Waals surface area (Å²) in [4.78, 5) is 19.2. The van der Waals surface area contributed by atoms with Crippen molar-refractivity contribution in [3.63, 3.8) is 0 Å². The van der Waals surface area contributed by atoms with Crippen molar-refractivity contribution in [2.75, 3.05) is 0 Å². The third kappa shape index (κ3) is 5.06. The second-order valence-corrected chi connectivity index (χ2v) is 14.2. The van der Waals surface area contributed by atoms with E-state index in [2.05, 4.69) is 89.9 Å². The fourth-order valence-corrected chi connectivity index (χ4v) is 8.11.